The van der Waals surface area contributed by atoms with Gasteiger partial charge in [0, 0.05) is 17.5 Å². The van der Waals surface area contributed by atoms with Crippen LogP contribution in [-0.4, -0.2) is 26.0 Å². The zero-order chi connectivity index (χ0) is 17.1. The highest BCUT2D eigenvalue weighted by molar-refractivity contribution is 7.71. The zero-order valence-electron chi connectivity index (χ0n) is 12.8. The minimum atomic E-state index is -0.517. The molecule has 0 atom stereocenters. The van der Waals surface area contributed by atoms with Crippen molar-refractivity contribution in [2.75, 3.05) is 0 Å². The van der Waals surface area contributed by atoms with Gasteiger partial charge in [-0.3, -0.25) is 15.2 Å². The van der Waals surface area contributed by atoms with Crippen LogP contribution in [0.1, 0.15) is 49.4 Å². The number of hydrogen-bond acceptors (Lipinski definition) is 5. The normalized spacial score (nSPS) is 15.9. The molecule has 0 aliphatic heterocycles. The quantitative estimate of drug-likeness (QED) is 0.375. The van der Waals surface area contributed by atoms with Crippen molar-refractivity contribution in [2.45, 2.75) is 38.0 Å². The number of nitrogens with zero attached hydrogens (tertiary/aromatic N) is 4. The van der Waals surface area contributed by atoms with Crippen molar-refractivity contribution in [3.8, 4) is 0 Å². The summed E-state index contributed by atoms with van der Waals surface area (Å²) in [6.45, 7) is 0. The third-order valence-corrected chi connectivity index (χ3v) is 4.72. The fourth-order valence-corrected chi connectivity index (χ4v) is 3.29. The van der Waals surface area contributed by atoms with E-state index in [2.05, 4.69) is 15.3 Å². The van der Waals surface area contributed by atoms with Crippen LogP contribution in [0.4, 0.5) is 5.69 Å². The number of halogens is 1. The molecule has 0 spiro atoms. The molecule has 0 radical (unpaired) electrons. The highest BCUT2D eigenvalue weighted by Gasteiger charge is 2.21. The molecule has 1 heterocycles. The van der Waals surface area contributed by atoms with Crippen LogP contribution in [-0.2, 0) is 0 Å². The van der Waals surface area contributed by atoms with Crippen molar-refractivity contribution < 1.29 is 4.92 Å². The van der Waals surface area contributed by atoms with Gasteiger partial charge in [-0.05, 0) is 31.1 Å². The molecule has 0 bridgehead atoms. The summed E-state index contributed by atoms with van der Waals surface area (Å²) >= 11 is 11.1. The molecule has 9 heteroatoms. The van der Waals surface area contributed by atoms with E-state index in [0.29, 0.717) is 16.3 Å². The number of hydrogen-bond donors (Lipinski definition) is 1. The van der Waals surface area contributed by atoms with Gasteiger partial charge < -0.3 is 0 Å². The molecule has 2 aromatic rings. The van der Waals surface area contributed by atoms with E-state index < -0.39 is 4.92 Å². The summed E-state index contributed by atoms with van der Waals surface area (Å²) in [5, 5.41) is 22.5. The summed E-state index contributed by atoms with van der Waals surface area (Å²) < 4.78 is 2.02. The molecular weight excluding hydrogens is 350 g/mol. The Kier molecular flexibility index (Phi) is 5.06. The SMILES string of the molecule is O=[N+]([O-])c1cc(/C=N\n2c(C3CCCCC3)n[nH]c2=S)ccc1Cl. The second kappa shape index (κ2) is 7.23. The van der Waals surface area contributed by atoms with Gasteiger partial charge in [-0.15, -0.1) is 0 Å². The molecule has 24 heavy (non-hydrogen) atoms. The number of rotatable bonds is 4. The first kappa shape index (κ1) is 16.8. The number of aromatic nitrogens is 3. The first-order chi connectivity index (χ1) is 11.6. The Morgan fingerprint density at radius 3 is 2.88 bits per heavy atom. The van der Waals surface area contributed by atoms with E-state index in [9.17, 15) is 10.1 Å². The Hall–Kier alpha value is -2.06. The minimum absolute atomic E-state index is 0.0972. The molecule has 1 aliphatic carbocycles. The predicted octanol–water partition coefficient (Wildman–Crippen LogP) is 4.43. The van der Waals surface area contributed by atoms with Gasteiger partial charge in [0.05, 0.1) is 11.1 Å². The molecule has 1 fully saturated rings. The lowest BCUT2D eigenvalue weighted by molar-refractivity contribution is -0.384. The largest absolute Gasteiger partial charge is 0.288 e. The van der Waals surface area contributed by atoms with Crippen molar-refractivity contribution >= 4 is 35.7 Å². The van der Waals surface area contributed by atoms with Crippen molar-refractivity contribution in [1.82, 2.24) is 14.9 Å². The first-order valence-electron chi connectivity index (χ1n) is 7.72. The maximum atomic E-state index is 11.0. The zero-order valence-corrected chi connectivity index (χ0v) is 14.4. The van der Waals surface area contributed by atoms with Gasteiger partial charge in [0.15, 0.2) is 5.82 Å². The molecule has 0 amide bonds. The molecular formula is C15H16ClN5O2S. The Bertz CT molecular complexity index is 839. The second-order valence-corrected chi connectivity index (χ2v) is 6.54. The second-order valence-electron chi connectivity index (χ2n) is 5.75. The highest BCUT2D eigenvalue weighted by atomic mass is 35.5. The lowest BCUT2D eigenvalue weighted by Gasteiger charge is -2.19. The van der Waals surface area contributed by atoms with Gasteiger partial charge in [0.1, 0.15) is 5.02 Å². The maximum absolute atomic E-state index is 11.0. The summed E-state index contributed by atoms with van der Waals surface area (Å²) in [7, 11) is 0. The van der Waals surface area contributed by atoms with Crippen LogP contribution in [0.5, 0.6) is 0 Å². The summed E-state index contributed by atoms with van der Waals surface area (Å²) in [6.07, 6.45) is 7.28. The van der Waals surface area contributed by atoms with Crippen LogP contribution in [0.25, 0.3) is 0 Å². The van der Waals surface area contributed by atoms with Crippen molar-refractivity contribution in [1.29, 1.82) is 0 Å². The van der Waals surface area contributed by atoms with Gasteiger partial charge in [0.25, 0.3) is 5.69 Å². The third-order valence-electron chi connectivity index (χ3n) is 4.13. The lowest BCUT2D eigenvalue weighted by Crippen LogP contribution is -2.10. The van der Waals surface area contributed by atoms with Crippen LogP contribution in [0.3, 0.4) is 0 Å². The molecule has 1 N–H and O–H groups in total. The molecule has 1 aromatic heterocycles. The van der Waals surface area contributed by atoms with Crippen molar-refractivity contribution in [3.63, 3.8) is 0 Å². The van der Waals surface area contributed by atoms with Gasteiger partial charge in [-0.1, -0.05) is 36.9 Å². The highest BCUT2D eigenvalue weighted by Crippen LogP contribution is 2.31. The first-order valence-corrected chi connectivity index (χ1v) is 8.50. The summed E-state index contributed by atoms with van der Waals surface area (Å²) in [5.74, 6) is 1.16. The number of nitro benzene ring substituents is 1. The standard InChI is InChI=1S/C15H16ClN5O2S/c16-12-7-6-10(8-13(12)21(22)23)9-17-20-14(18-19-15(20)24)11-4-2-1-3-5-11/h6-9,11H,1-5H2,(H,19,24)/b17-9-. The number of benzene rings is 1. The Balaban J connectivity index is 1.90. The fourth-order valence-electron chi connectivity index (χ4n) is 2.91. The van der Waals surface area contributed by atoms with Crippen molar-refractivity contribution in [3.05, 3.63) is 49.5 Å². The summed E-state index contributed by atoms with van der Waals surface area (Å²) in [5.41, 5.74) is 0.424. The van der Waals surface area contributed by atoms with E-state index >= 15 is 0 Å². The summed E-state index contributed by atoms with van der Waals surface area (Å²) in [4.78, 5) is 10.4. The van der Waals surface area contributed by atoms with Gasteiger partial charge in [-0.2, -0.15) is 14.9 Å². The molecule has 0 saturated heterocycles. The summed E-state index contributed by atoms with van der Waals surface area (Å²) in [6, 6.07) is 4.54. The lowest BCUT2D eigenvalue weighted by atomic mass is 9.89. The molecule has 1 saturated carbocycles. The van der Waals surface area contributed by atoms with E-state index in [1.54, 1.807) is 10.7 Å². The van der Waals surface area contributed by atoms with Crippen LogP contribution >= 0.6 is 23.8 Å². The topological polar surface area (TPSA) is 89.1 Å². The van der Waals surface area contributed by atoms with E-state index in [1.165, 1.54) is 37.6 Å². The number of H-pyrrole nitrogens is 1. The monoisotopic (exact) mass is 365 g/mol. The van der Waals surface area contributed by atoms with E-state index in [-0.39, 0.29) is 10.7 Å². The average Bonchev–Trinajstić information content (AvgIpc) is 2.95. The maximum Gasteiger partial charge on any atom is 0.288 e. The van der Waals surface area contributed by atoms with Crippen LogP contribution in [0.2, 0.25) is 5.02 Å². The van der Waals surface area contributed by atoms with E-state index in [4.69, 9.17) is 23.8 Å². The number of aromatic amines is 1. The molecule has 126 valence electrons. The van der Waals surface area contributed by atoms with Crippen LogP contribution in [0.15, 0.2) is 23.3 Å². The average molecular weight is 366 g/mol. The Labute approximate surface area is 148 Å². The molecule has 3 rings (SSSR count). The van der Waals surface area contributed by atoms with E-state index in [1.807, 2.05) is 0 Å². The van der Waals surface area contributed by atoms with Crippen LogP contribution in [0, 0.1) is 14.9 Å². The smallest absolute Gasteiger partial charge is 0.258 e. The van der Waals surface area contributed by atoms with Crippen molar-refractivity contribution in [2.24, 2.45) is 5.10 Å². The number of nitro groups is 1. The molecule has 0 unspecified atom stereocenters. The number of nitrogens with one attached hydrogen (secondary N) is 1. The Morgan fingerprint density at radius 1 is 1.42 bits per heavy atom. The van der Waals surface area contributed by atoms with Gasteiger partial charge >= 0.3 is 0 Å². The molecule has 1 aromatic carbocycles. The van der Waals surface area contributed by atoms with Crippen LogP contribution < -0.4 is 0 Å². The molecule has 1 aliphatic rings. The Morgan fingerprint density at radius 2 is 2.17 bits per heavy atom. The minimum Gasteiger partial charge on any atom is -0.258 e. The van der Waals surface area contributed by atoms with E-state index in [0.717, 1.165) is 18.7 Å². The third kappa shape index (κ3) is 3.54. The van der Waals surface area contributed by atoms with Gasteiger partial charge in [0.2, 0.25) is 4.77 Å². The predicted molar refractivity (Wildman–Crippen MR) is 94.3 cm³/mol. The molecule has 7 nitrogen and oxygen atoms in total. The fraction of sp³-hybridized carbons (Fsp3) is 0.400. The van der Waals surface area contributed by atoms with Gasteiger partial charge in [-0.25, -0.2) is 0 Å².